The van der Waals surface area contributed by atoms with E-state index in [1.54, 1.807) is 24.3 Å². The van der Waals surface area contributed by atoms with E-state index in [4.69, 9.17) is 4.74 Å². The molecule has 0 aromatic heterocycles. The van der Waals surface area contributed by atoms with E-state index < -0.39 is 6.10 Å². The molecule has 0 saturated carbocycles. The lowest BCUT2D eigenvalue weighted by molar-refractivity contribution is -0.122. The van der Waals surface area contributed by atoms with Gasteiger partial charge in [-0.25, -0.2) is 0 Å². The summed E-state index contributed by atoms with van der Waals surface area (Å²) in [5, 5.41) is 5.70. The predicted octanol–water partition coefficient (Wildman–Crippen LogP) is 5.29. The van der Waals surface area contributed by atoms with Crippen molar-refractivity contribution in [3.05, 3.63) is 84.4 Å². The fourth-order valence-electron chi connectivity index (χ4n) is 3.11. The summed E-state index contributed by atoms with van der Waals surface area (Å²) in [5.41, 5.74) is 3.41. The Morgan fingerprint density at radius 3 is 2.10 bits per heavy atom. The zero-order valence-electron chi connectivity index (χ0n) is 17.9. The largest absolute Gasteiger partial charge is 0.481 e. The third-order valence-electron chi connectivity index (χ3n) is 4.85. The fraction of sp³-hybridized carbons (Fsp3) is 0.231. The van der Waals surface area contributed by atoms with Gasteiger partial charge >= 0.3 is 0 Å². The minimum atomic E-state index is -0.616. The highest BCUT2D eigenvalue weighted by atomic mass is 16.5. The van der Waals surface area contributed by atoms with Crippen LogP contribution in [0.25, 0.3) is 11.1 Å². The number of benzene rings is 3. The van der Waals surface area contributed by atoms with E-state index in [0.29, 0.717) is 30.0 Å². The predicted molar refractivity (Wildman–Crippen MR) is 124 cm³/mol. The van der Waals surface area contributed by atoms with Crippen LogP contribution in [0, 0.1) is 0 Å². The summed E-state index contributed by atoms with van der Waals surface area (Å²) < 4.78 is 5.92. The van der Waals surface area contributed by atoms with Crippen LogP contribution >= 0.6 is 0 Å². The maximum Gasteiger partial charge on any atom is 0.265 e. The van der Waals surface area contributed by atoms with Crippen LogP contribution in [0.3, 0.4) is 0 Å². The van der Waals surface area contributed by atoms with E-state index in [1.807, 2.05) is 56.3 Å². The number of hydrogen-bond acceptors (Lipinski definition) is 3. The van der Waals surface area contributed by atoms with Crippen LogP contribution in [0.4, 0.5) is 5.69 Å². The van der Waals surface area contributed by atoms with Crippen LogP contribution in [0.15, 0.2) is 78.9 Å². The fourth-order valence-corrected chi connectivity index (χ4v) is 3.11. The molecule has 0 heterocycles. The first-order valence-electron chi connectivity index (χ1n) is 10.6. The minimum absolute atomic E-state index is 0.117. The van der Waals surface area contributed by atoms with Crippen molar-refractivity contribution in [2.45, 2.75) is 32.8 Å². The molecule has 3 aromatic carbocycles. The highest BCUT2D eigenvalue weighted by Gasteiger charge is 2.19. The number of amides is 2. The third-order valence-corrected chi connectivity index (χ3v) is 4.85. The number of nitrogens with one attached hydrogen (secondary N) is 2. The Hall–Kier alpha value is -3.60. The molecule has 3 rings (SSSR count). The highest BCUT2D eigenvalue weighted by Crippen LogP contribution is 2.23. The first kappa shape index (κ1) is 22.1. The average molecular weight is 417 g/mol. The summed E-state index contributed by atoms with van der Waals surface area (Å²) >= 11 is 0. The molecule has 0 saturated heterocycles. The minimum Gasteiger partial charge on any atom is -0.481 e. The molecular formula is C26H28N2O3. The topological polar surface area (TPSA) is 67.4 Å². The SMILES string of the molecule is CCCNC(=O)c1ccc(NC(=O)C(CC)Oc2ccc(-c3ccccc3)cc2)cc1. The Morgan fingerprint density at radius 1 is 0.839 bits per heavy atom. The van der Waals surface area contributed by atoms with E-state index in [1.165, 1.54) is 0 Å². The Bertz CT molecular complexity index is 983. The molecule has 2 N–H and O–H groups in total. The lowest BCUT2D eigenvalue weighted by atomic mass is 10.1. The summed E-state index contributed by atoms with van der Waals surface area (Å²) in [6, 6.07) is 24.7. The van der Waals surface area contributed by atoms with E-state index in [-0.39, 0.29) is 11.8 Å². The standard InChI is InChI=1S/C26H28N2O3/c1-3-18-27-25(29)21-10-14-22(15-11-21)28-26(30)24(4-2)31-23-16-12-20(13-17-23)19-8-6-5-7-9-19/h5-17,24H,3-4,18H2,1-2H3,(H,27,29)(H,28,30). The van der Waals surface area contributed by atoms with E-state index >= 15 is 0 Å². The number of rotatable bonds is 9. The summed E-state index contributed by atoms with van der Waals surface area (Å²) in [6.07, 6.45) is 0.798. The second-order valence-electron chi connectivity index (χ2n) is 7.23. The van der Waals surface area contributed by atoms with Crippen molar-refractivity contribution in [3.8, 4) is 16.9 Å². The van der Waals surface area contributed by atoms with Gasteiger partial charge in [-0.2, -0.15) is 0 Å². The smallest absolute Gasteiger partial charge is 0.265 e. The van der Waals surface area contributed by atoms with E-state index in [0.717, 1.165) is 17.5 Å². The van der Waals surface area contributed by atoms with Gasteiger partial charge < -0.3 is 15.4 Å². The van der Waals surface area contributed by atoms with Crippen LogP contribution in [0.5, 0.6) is 5.75 Å². The molecule has 160 valence electrons. The van der Waals surface area contributed by atoms with Crippen LogP contribution in [-0.4, -0.2) is 24.5 Å². The van der Waals surface area contributed by atoms with Crippen molar-refractivity contribution in [3.63, 3.8) is 0 Å². The molecule has 0 aliphatic heterocycles. The summed E-state index contributed by atoms with van der Waals surface area (Å²) in [5.74, 6) is 0.302. The molecule has 0 bridgehead atoms. The van der Waals surface area contributed by atoms with Gasteiger partial charge in [-0.05, 0) is 60.4 Å². The molecule has 31 heavy (non-hydrogen) atoms. The normalized spacial score (nSPS) is 11.4. The number of hydrogen-bond donors (Lipinski definition) is 2. The molecule has 1 atom stereocenters. The Labute approximate surface area is 183 Å². The second-order valence-corrected chi connectivity index (χ2v) is 7.23. The van der Waals surface area contributed by atoms with Gasteiger partial charge in [0, 0.05) is 17.8 Å². The maximum absolute atomic E-state index is 12.7. The van der Waals surface area contributed by atoms with Gasteiger partial charge in [0.2, 0.25) is 0 Å². The Morgan fingerprint density at radius 2 is 1.48 bits per heavy atom. The van der Waals surface area contributed by atoms with Crippen LogP contribution < -0.4 is 15.4 Å². The molecule has 0 spiro atoms. The molecule has 0 aliphatic carbocycles. The van der Waals surface area contributed by atoms with Gasteiger partial charge in [-0.1, -0.05) is 56.3 Å². The van der Waals surface area contributed by atoms with Gasteiger partial charge in [0.15, 0.2) is 6.10 Å². The highest BCUT2D eigenvalue weighted by molar-refractivity contribution is 5.97. The maximum atomic E-state index is 12.7. The van der Waals surface area contributed by atoms with Gasteiger partial charge in [-0.15, -0.1) is 0 Å². The lowest BCUT2D eigenvalue weighted by Crippen LogP contribution is -2.32. The monoisotopic (exact) mass is 416 g/mol. The Kier molecular flexibility index (Phi) is 7.82. The van der Waals surface area contributed by atoms with Crippen molar-refractivity contribution in [1.82, 2.24) is 5.32 Å². The first-order valence-corrected chi connectivity index (χ1v) is 10.6. The van der Waals surface area contributed by atoms with Crippen LogP contribution in [0.1, 0.15) is 37.0 Å². The molecule has 0 aliphatic rings. The van der Waals surface area contributed by atoms with E-state index in [9.17, 15) is 9.59 Å². The summed E-state index contributed by atoms with van der Waals surface area (Å²) in [4.78, 5) is 24.7. The third kappa shape index (κ3) is 6.19. The van der Waals surface area contributed by atoms with Gasteiger partial charge in [-0.3, -0.25) is 9.59 Å². The van der Waals surface area contributed by atoms with Crippen molar-refractivity contribution < 1.29 is 14.3 Å². The number of ether oxygens (including phenoxy) is 1. The summed E-state index contributed by atoms with van der Waals surface area (Å²) in [7, 11) is 0. The number of carbonyl (C=O) groups excluding carboxylic acids is 2. The van der Waals surface area contributed by atoms with E-state index in [2.05, 4.69) is 22.8 Å². The molecule has 5 heteroatoms. The van der Waals surface area contributed by atoms with Crippen LogP contribution in [-0.2, 0) is 4.79 Å². The molecule has 3 aromatic rings. The van der Waals surface area contributed by atoms with Crippen molar-refractivity contribution in [2.24, 2.45) is 0 Å². The number of anilines is 1. The molecule has 0 radical (unpaired) electrons. The van der Waals surface area contributed by atoms with Gasteiger partial charge in [0.05, 0.1) is 0 Å². The number of carbonyl (C=O) groups is 2. The molecule has 5 nitrogen and oxygen atoms in total. The molecule has 0 fully saturated rings. The van der Waals surface area contributed by atoms with Crippen LogP contribution in [0.2, 0.25) is 0 Å². The Balaban J connectivity index is 1.59. The van der Waals surface area contributed by atoms with Crippen molar-refractivity contribution in [1.29, 1.82) is 0 Å². The second kappa shape index (κ2) is 11.0. The zero-order chi connectivity index (χ0) is 22.1. The molecule has 2 amide bonds. The zero-order valence-corrected chi connectivity index (χ0v) is 17.9. The summed E-state index contributed by atoms with van der Waals surface area (Å²) in [6.45, 7) is 4.55. The van der Waals surface area contributed by atoms with Crippen molar-refractivity contribution in [2.75, 3.05) is 11.9 Å². The van der Waals surface area contributed by atoms with Crippen molar-refractivity contribution >= 4 is 17.5 Å². The molecular weight excluding hydrogens is 388 g/mol. The van der Waals surface area contributed by atoms with Gasteiger partial charge in [0.25, 0.3) is 11.8 Å². The van der Waals surface area contributed by atoms with Gasteiger partial charge in [0.1, 0.15) is 5.75 Å². The average Bonchev–Trinajstić information content (AvgIpc) is 2.82. The lowest BCUT2D eigenvalue weighted by Gasteiger charge is -2.18. The quantitative estimate of drug-likeness (QED) is 0.498. The molecule has 1 unspecified atom stereocenters. The first-order chi connectivity index (χ1) is 15.1.